The smallest absolute Gasteiger partial charge is 0.118 e. The van der Waals surface area contributed by atoms with E-state index in [1.54, 1.807) is 7.11 Å². The van der Waals surface area contributed by atoms with Gasteiger partial charge in [-0.05, 0) is 56.9 Å². The van der Waals surface area contributed by atoms with Gasteiger partial charge < -0.3 is 4.74 Å². The Kier molecular flexibility index (Phi) is 4.68. The first kappa shape index (κ1) is 20.6. The third-order valence-electron chi connectivity index (χ3n) is 7.00. The molecule has 0 aliphatic carbocycles. The molecule has 0 aliphatic rings. The van der Waals surface area contributed by atoms with Crippen molar-refractivity contribution < 1.29 is 4.74 Å². The molecule has 36 heavy (non-hydrogen) atoms. The van der Waals surface area contributed by atoms with Crippen LogP contribution in [0.4, 0.5) is 0 Å². The van der Waals surface area contributed by atoms with Gasteiger partial charge in [-0.15, -0.1) is 0 Å². The van der Waals surface area contributed by atoms with Crippen LogP contribution in [0.2, 0.25) is 0 Å². The molecule has 0 saturated heterocycles. The minimum absolute atomic E-state index is 0.852. The minimum Gasteiger partial charge on any atom is -0.497 e. The molecule has 7 rings (SSSR count). The SMILES string of the molecule is COc1ccc(-c2c3ccccc3c(-c3ccc4ccc5cccnc5c4n3)c3ccccc23)cc1. The highest BCUT2D eigenvalue weighted by Crippen LogP contribution is 2.43. The number of rotatable bonds is 3. The van der Waals surface area contributed by atoms with E-state index in [1.807, 2.05) is 24.4 Å². The van der Waals surface area contributed by atoms with E-state index in [2.05, 4.69) is 96.0 Å². The number of ether oxygens (including phenoxy) is 1. The standard InChI is InChI=1S/C33H22N2O/c1-36-24-17-14-21(15-18-24)30-25-8-2-4-10-27(25)31(28-11-5-3-9-26(28)30)29-19-16-23-13-12-22-7-6-20-34-32(22)33(23)35-29/h2-20H,1H3. The lowest BCUT2D eigenvalue weighted by atomic mass is 9.87. The molecule has 0 amide bonds. The molecule has 0 aliphatic heterocycles. The Labute approximate surface area is 208 Å². The summed E-state index contributed by atoms with van der Waals surface area (Å²) in [6.45, 7) is 0. The molecule has 0 unspecified atom stereocenters. The Bertz CT molecular complexity index is 1870. The zero-order chi connectivity index (χ0) is 24.1. The number of methoxy groups -OCH3 is 1. The summed E-state index contributed by atoms with van der Waals surface area (Å²) in [7, 11) is 1.70. The average molecular weight is 463 g/mol. The Morgan fingerprint density at radius 3 is 1.75 bits per heavy atom. The van der Waals surface area contributed by atoms with Gasteiger partial charge in [0.2, 0.25) is 0 Å². The number of pyridine rings is 2. The first-order valence-electron chi connectivity index (χ1n) is 12.0. The molecular weight excluding hydrogens is 440 g/mol. The van der Waals surface area contributed by atoms with E-state index in [9.17, 15) is 0 Å². The van der Waals surface area contributed by atoms with Gasteiger partial charge in [-0.1, -0.05) is 84.9 Å². The number of nitrogens with zero attached hydrogens (tertiary/aromatic N) is 2. The van der Waals surface area contributed by atoms with Crippen molar-refractivity contribution in [1.29, 1.82) is 0 Å². The summed E-state index contributed by atoms with van der Waals surface area (Å²) in [5, 5.41) is 6.96. The minimum atomic E-state index is 0.852. The molecule has 0 spiro atoms. The number of aromatic nitrogens is 2. The van der Waals surface area contributed by atoms with Crippen LogP contribution < -0.4 is 4.74 Å². The van der Waals surface area contributed by atoms with E-state index in [1.165, 1.54) is 27.1 Å². The lowest BCUT2D eigenvalue weighted by molar-refractivity contribution is 0.415. The van der Waals surface area contributed by atoms with E-state index < -0.39 is 0 Å². The summed E-state index contributed by atoms with van der Waals surface area (Å²) >= 11 is 0. The molecule has 170 valence electrons. The summed E-state index contributed by atoms with van der Waals surface area (Å²) in [6.07, 6.45) is 1.84. The van der Waals surface area contributed by atoms with E-state index in [-0.39, 0.29) is 0 Å². The lowest BCUT2D eigenvalue weighted by Crippen LogP contribution is -1.93. The molecule has 0 atom stereocenters. The number of fused-ring (bicyclic) bond motifs is 5. The molecule has 2 heterocycles. The van der Waals surface area contributed by atoms with Crippen LogP contribution in [0, 0.1) is 0 Å². The van der Waals surface area contributed by atoms with Crippen molar-refractivity contribution in [3.05, 3.63) is 115 Å². The van der Waals surface area contributed by atoms with Gasteiger partial charge in [0.25, 0.3) is 0 Å². The fourth-order valence-corrected chi connectivity index (χ4v) is 5.34. The monoisotopic (exact) mass is 462 g/mol. The van der Waals surface area contributed by atoms with Crippen molar-refractivity contribution in [2.75, 3.05) is 7.11 Å². The summed E-state index contributed by atoms with van der Waals surface area (Å²) in [4.78, 5) is 9.88. The van der Waals surface area contributed by atoms with Gasteiger partial charge in [0.15, 0.2) is 0 Å². The van der Waals surface area contributed by atoms with Crippen molar-refractivity contribution in [3.8, 4) is 28.1 Å². The quantitative estimate of drug-likeness (QED) is 0.195. The summed E-state index contributed by atoms with van der Waals surface area (Å²) in [5.74, 6) is 0.852. The Balaban J connectivity index is 1.59. The van der Waals surface area contributed by atoms with Gasteiger partial charge in [0.05, 0.1) is 23.8 Å². The van der Waals surface area contributed by atoms with Gasteiger partial charge in [-0.25, -0.2) is 4.98 Å². The molecule has 0 bridgehead atoms. The fourth-order valence-electron chi connectivity index (χ4n) is 5.34. The Morgan fingerprint density at radius 1 is 0.528 bits per heavy atom. The van der Waals surface area contributed by atoms with Crippen LogP contribution in [-0.2, 0) is 0 Å². The van der Waals surface area contributed by atoms with Gasteiger partial charge in [0, 0.05) is 22.5 Å². The van der Waals surface area contributed by atoms with E-state index in [0.717, 1.165) is 44.4 Å². The van der Waals surface area contributed by atoms with Gasteiger partial charge in [0.1, 0.15) is 5.75 Å². The second-order valence-corrected chi connectivity index (χ2v) is 8.98. The summed E-state index contributed by atoms with van der Waals surface area (Å²) in [5.41, 5.74) is 6.35. The van der Waals surface area contributed by atoms with Gasteiger partial charge in [-0.2, -0.15) is 0 Å². The van der Waals surface area contributed by atoms with Gasteiger partial charge in [-0.3, -0.25) is 4.98 Å². The largest absolute Gasteiger partial charge is 0.497 e. The number of hydrogen-bond acceptors (Lipinski definition) is 3. The third-order valence-corrected chi connectivity index (χ3v) is 7.00. The normalized spacial score (nSPS) is 11.5. The summed E-state index contributed by atoms with van der Waals surface area (Å²) < 4.78 is 5.41. The molecule has 3 nitrogen and oxygen atoms in total. The van der Waals surface area contributed by atoms with Crippen molar-refractivity contribution >= 4 is 43.4 Å². The fraction of sp³-hybridized carbons (Fsp3) is 0.0303. The zero-order valence-corrected chi connectivity index (χ0v) is 19.8. The van der Waals surface area contributed by atoms with Crippen LogP contribution in [0.15, 0.2) is 115 Å². The highest BCUT2D eigenvalue weighted by molar-refractivity contribution is 6.21. The second kappa shape index (κ2) is 8.17. The van der Waals surface area contributed by atoms with Crippen LogP contribution in [0.5, 0.6) is 5.75 Å². The molecule has 0 fully saturated rings. The van der Waals surface area contributed by atoms with Crippen LogP contribution in [0.25, 0.3) is 65.7 Å². The second-order valence-electron chi connectivity index (χ2n) is 8.98. The average Bonchev–Trinajstić information content (AvgIpc) is 2.95. The highest BCUT2D eigenvalue weighted by atomic mass is 16.5. The molecule has 5 aromatic carbocycles. The van der Waals surface area contributed by atoms with Crippen molar-refractivity contribution in [2.45, 2.75) is 0 Å². The van der Waals surface area contributed by atoms with Gasteiger partial charge >= 0.3 is 0 Å². The first-order chi connectivity index (χ1) is 17.8. The van der Waals surface area contributed by atoms with Crippen molar-refractivity contribution in [3.63, 3.8) is 0 Å². The number of hydrogen-bond donors (Lipinski definition) is 0. The van der Waals surface area contributed by atoms with Crippen molar-refractivity contribution in [2.24, 2.45) is 0 Å². The highest BCUT2D eigenvalue weighted by Gasteiger charge is 2.17. The Morgan fingerprint density at radius 2 is 1.11 bits per heavy atom. The van der Waals surface area contributed by atoms with Crippen LogP contribution in [0.1, 0.15) is 0 Å². The number of benzene rings is 5. The van der Waals surface area contributed by atoms with Crippen molar-refractivity contribution in [1.82, 2.24) is 9.97 Å². The van der Waals surface area contributed by atoms with E-state index >= 15 is 0 Å². The molecule has 0 radical (unpaired) electrons. The van der Waals surface area contributed by atoms with E-state index in [4.69, 9.17) is 9.72 Å². The van der Waals surface area contributed by atoms with Crippen LogP contribution >= 0.6 is 0 Å². The maximum atomic E-state index is 5.41. The maximum Gasteiger partial charge on any atom is 0.118 e. The lowest BCUT2D eigenvalue weighted by Gasteiger charge is -2.17. The maximum absolute atomic E-state index is 5.41. The molecular formula is C33H22N2O. The predicted molar refractivity (Wildman–Crippen MR) is 149 cm³/mol. The molecule has 0 saturated carbocycles. The summed E-state index contributed by atoms with van der Waals surface area (Å²) in [6, 6.07) is 38.2. The molecule has 3 heteroatoms. The zero-order valence-electron chi connectivity index (χ0n) is 19.8. The molecule has 0 N–H and O–H groups in total. The molecule has 2 aromatic heterocycles. The molecule has 7 aromatic rings. The first-order valence-corrected chi connectivity index (χ1v) is 12.0. The topological polar surface area (TPSA) is 35.0 Å². The predicted octanol–water partition coefficient (Wildman–Crippen LogP) is 8.43. The van der Waals surface area contributed by atoms with Crippen LogP contribution in [0.3, 0.4) is 0 Å². The Hall–Kier alpha value is -4.76. The van der Waals surface area contributed by atoms with E-state index in [0.29, 0.717) is 0 Å². The third kappa shape index (κ3) is 3.14. The van der Waals surface area contributed by atoms with Crippen LogP contribution in [-0.4, -0.2) is 17.1 Å².